The Morgan fingerprint density at radius 3 is 3.00 bits per heavy atom. The summed E-state index contributed by atoms with van der Waals surface area (Å²) in [5.41, 5.74) is 2.62. The van der Waals surface area contributed by atoms with E-state index in [1.807, 2.05) is 0 Å². The van der Waals surface area contributed by atoms with Crippen LogP contribution in [0.3, 0.4) is 0 Å². The average molecular weight is 163 g/mol. The minimum absolute atomic E-state index is 0.760. The summed E-state index contributed by atoms with van der Waals surface area (Å²) in [6, 6.07) is 0. The molecule has 12 heavy (non-hydrogen) atoms. The Balaban J connectivity index is 1.97. The molecule has 1 aliphatic carbocycles. The summed E-state index contributed by atoms with van der Waals surface area (Å²) in [5.74, 6) is 2.00. The van der Waals surface area contributed by atoms with Crippen LogP contribution in [0.2, 0.25) is 0 Å². The van der Waals surface area contributed by atoms with Gasteiger partial charge in [0.2, 0.25) is 0 Å². The minimum Gasteiger partial charge on any atom is -0.344 e. The molecule has 64 valence electrons. The summed E-state index contributed by atoms with van der Waals surface area (Å²) >= 11 is 0. The van der Waals surface area contributed by atoms with Crippen LogP contribution in [0.5, 0.6) is 0 Å². The third kappa shape index (κ3) is 0.966. The number of nitrogens with zero attached hydrogens (tertiary/aromatic N) is 1. The number of hydrogen-bond donors (Lipinski definition) is 2. The predicted molar refractivity (Wildman–Crippen MR) is 46.0 cm³/mol. The van der Waals surface area contributed by atoms with E-state index in [0.717, 1.165) is 25.4 Å². The van der Waals surface area contributed by atoms with Crippen molar-refractivity contribution in [3.05, 3.63) is 17.2 Å². The van der Waals surface area contributed by atoms with Crippen LogP contribution in [0.4, 0.5) is 0 Å². The fourth-order valence-electron chi connectivity index (χ4n) is 1.79. The van der Waals surface area contributed by atoms with Crippen molar-refractivity contribution in [3.63, 3.8) is 0 Å². The van der Waals surface area contributed by atoms with Gasteiger partial charge in [-0.15, -0.1) is 0 Å². The van der Waals surface area contributed by atoms with E-state index >= 15 is 0 Å². The molecular weight excluding hydrogens is 150 g/mol. The van der Waals surface area contributed by atoms with Crippen molar-refractivity contribution in [2.75, 3.05) is 6.54 Å². The Hall–Kier alpha value is -0.830. The number of H-pyrrole nitrogens is 1. The van der Waals surface area contributed by atoms with Gasteiger partial charge in [-0.05, 0) is 12.8 Å². The number of fused-ring (bicyclic) bond motifs is 1. The van der Waals surface area contributed by atoms with E-state index in [4.69, 9.17) is 0 Å². The largest absolute Gasteiger partial charge is 0.344 e. The Morgan fingerprint density at radius 2 is 2.25 bits per heavy atom. The summed E-state index contributed by atoms with van der Waals surface area (Å²) in [6.45, 7) is 2.07. The summed E-state index contributed by atoms with van der Waals surface area (Å²) in [4.78, 5) is 8.04. The van der Waals surface area contributed by atoms with Gasteiger partial charge in [0.05, 0.1) is 11.4 Å². The van der Waals surface area contributed by atoms with E-state index in [0.29, 0.717) is 0 Å². The number of hydrogen-bond acceptors (Lipinski definition) is 2. The zero-order valence-corrected chi connectivity index (χ0v) is 7.06. The van der Waals surface area contributed by atoms with E-state index in [2.05, 4.69) is 15.3 Å². The SMILES string of the molecule is C1Cc2nc(C3CC3)[nH]c2CN1. The number of rotatable bonds is 1. The second kappa shape index (κ2) is 2.33. The van der Waals surface area contributed by atoms with Crippen LogP contribution in [0.1, 0.15) is 36.0 Å². The number of aromatic amines is 1. The van der Waals surface area contributed by atoms with Gasteiger partial charge in [-0.25, -0.2) is 4.98 Å². The summed E-state index contributed by atoms with van der Waals surface area (Å²) in [7, 11) is 0. The van der Waals surface area contributed by atoms with Crippen LogP contribution in [0.25, 0.3) is 0 Å². The Bertz CT molecular complexity index is 275. The Kier molecular flexibility index (Phi) is 1.29. The maximum absolute atomic E-state index is 4.62. The number of imidazole rings is 1. The van der Waals surface area contributed by atoms with Crippen LogP contribution in [0.15, 0.2) is 0 Å². The third-order valence-corrected chi connectivity index (χ3v) is 2.69. The van der Waals surface area contributed by atoms with Gasteiger partial charge < -0.3 is 10.3 Å². The molecule has 0 spiro atoms. The quantitative estimate of drug-likeness (QED) is 0.646. The Labute approximate surface area is 71.6 Å². The fourth-order valence-corrected chi connectivity index (χ4v) is 1.79. The smallest absolute Gasteiger partial charge is 0.109 e. The first kappa shape index (κ1) is 6.66. The van der Waals surface area contributed by atoms with Crippen LogP contribution in [-0.4, -0.2) is 16.5 Å². The topological polar surface area (TPSA) is 40.7 Å². The molecule has 0 atom stereocenters. The van der Waals surface area contributed by atoms with E-state index in [-0.39, 0.29) is 0 Å². The van der Waals surface area contributed by atoms with Gasteiger partial charge in [0.1, 0.15) is 5.82 Å². The van der Waals surface area contributed by atoms with Crippen molar-refractivity contribution in [2.45, 2.75) is 31.7 Å². The lowest BCUT2D eigenvalue weighted by Gasteiger charge is -2.09. The molecule has 3 nitrogen and oxygen atoms in total. The monoisotopic (exact) mass is 163 g/mol. The van der Waals surface area contributed by atoms with Gasteiger partial charge in [-0.1, -0.05) is 0 Å². The van der Waals surface area contributed by atoms with Gasteiger partial charge in [0, 0.05) is 25.4 Å². The van der Waals surface area contributed by atoms with Gasteiger partial charge >= 0.3 is 0 Å². The van der Waals surface area contributed by atoms with Crippen molar-refractivity contribution in [2.24, 2.45) is 0 Å². The summed E-state index contributed by atoms with van der Waals surface area (Å²) in [5, 5.41) is 3.34. The molecule has 0 bridgehead atoms. The molecule has 1 aromatic rings. The first-order valence-corrected chi connectivity index (χ1v) is 4.72. The highest BCUT2D eigenvalue weighted by Crippen LogP contribution is 2.38. The van der Waals surface area contributed by atoms with E-state index in [1.165, 1.54) is 30.1 Å². The van der Waals surface area contributed by atoms with Crippen molar-refractivity contribution in [3.8, 4) is 0 Å². The highest BCUT2D eigenvalue weighted by molar-refractivity contribution is 5.21. The molecule has 0 amide bonds. The average Bonchev–Trinajstić information content (AvgIpc) is 2.85. The zero-order chi connectivity index (χ0) is 7.97. The van der Waals surface area contributed by atoms with Crippen molar-refractivity contribution < 1.29 is 0 Å². The molecule has 1 aliphatic heterocycles. The second-order valence-electron chi connectivity index (χ2n) is 3.75. The molecule has 0 unspecified atom stereocenters. The molecule has 3 heteroatoms. The van der Waals surface area contributed by atoms with E-state index in [1.54, 1.807) is 0 Å². The first-order chi connectivity index (χ1) is 5.93. The highest BCUT2D eigenvalue weighted by atomic mass is 15.0. The Morgan fingerprint density at radius 1 is 1.33 bits per heavy atom. The predicted octanol–water partition coefficient (Wildman–Crippen LogP) is 0.933. The molecule has 2 heterocycles. The molecule has 2 N–H and O–H groups in total. The molecule has 0 radical (unpaired) electrons. The van der Waals surface area contributed by atoms with Gasteiger partial charge in [0.15, 0.2) is 0 Å². The highest BCUT2D eigenvalue weighted by Gasteiger charge is 2.28. The molecule has 1 saturated carbocycles. The van der Waals surface area contributed by atoms with E-state index < -0.39 is 0 Å². The van der Waals surface area contributed by atoms with Crippen LogP contribution in [0, 0.1) is 0 Å². The fraction of sp³-hybridized carbons (Fsp3) is 0.667. The summed E-state index contributed by atoms with van der Waals surface area (Å²) in [6.07, 6.45) is 3.76. The second-order valence-corrected chi connectivity index (χ2v) is 3.75. The molecule has 3 rings (SSSR count). The van der Waals surface area contributed by atoms with E-state index in [9.17, 15) is 0 Å². The molecule has 0 aromatic carbocycles. The first-order valence-electron chi connectivity index (χ1n) is 4.72. The third-order valence-electron chi connectivity index (χ3n) is 2.69. The normalized spacial score (nSPS) is 22.3. The van der Waals surface area contributed by atoms with Gasteiger partial charge in [0.25, 0.3) is 0 Å². The molecule has 1 fully saturated rings. The van der Waals surface area contributed by atoms with Crippen molar-refractivity contribution in [1.29, 1.82) is 0 Å². The number of nitrogens with one attached hydrogen (secondary N) is 2. The molecule has 1 aromatic heterocycles. The lowest BCUT2D eigenvalue weighted by Crippen LogP contribution is -2.23. The van der Waals surface area contributed by atoms with Crippen molar-refractivity contribution >= 4 is 0 Å². The molecular formula is C9H13N3. The van der Waals surface area contributed by atoms with Crippen LogP contribution in [-0.2, 0) is 13.0 Å². The van der Waals surface area contributed by atoms with Gasteiger partial charge in [-0.2, -0.15) is 0 Å². The van der Waals surface area contributed by atoms with Crippen LogP contribution < -0.4 is 5.32 Å². The maximum Gasteiger partial charge on any atom is 0.109 e. The lowest BCUT2D eigenvalue weighted by atomic mass is 10.2. The standard InChI is InChI=1S/C9H13N3/c1-2-6(1)9-11-7-3-4-10-5-8(7)12-9/h6,10H,1-5H2,(H,11,12). The zero-order valence-electron chi connectivity index (χ0n) is 7.06. The maximum atomic E-state index is 4.62. The lowest BCUT2D eigenvalue weighted by molar-refractivity contribution is 0.627. The van der Waals surface area contributed by atoms with Crippen LogP contribution >= 0.6 is 0 Å². The number of aromatic nitrogens is 2. The molecule has 0 saturated heterocycles. The van der Waals surface area contributed by atoms with Crippen molar-refractivity contribution in [1.82, 2.24) is 15.3 Å². The van der Waals surface area contributed by atoms with Gasteiger partial charge in [-0.3, -0.25) is 0 Å². The molecule has 2 aliphatic rings. The summed E-state index contributed by atoms with van der Waals surface area (Å²) < 4.78 is 0. The minimum atomic E-state index is 0.760.